The van der Waals surface area contributed by atoms with Gasteiger partial charge in [-0.25, -0.2) is 14.8 Å². The summed E-state index contributed by atoms with van der Waals surface area (Å²) in [5, 5.41) is 9.25. The maximum atomic E-state index is 12.5. The summed E-state index contributed by atoms with van der Waals surface area (Å²) in [4.78, 5) is 27.1. The number of anilines is 3. The Morgan fingerprint density at radius 1 is 0.952 bits per heavy atom. The standard InChI is InChI=1S/C33H36BrN7O/c1-40-16-18-41(19-17-40)15-5-14-35-32-36-22-24-20-30(28-8-2-3-9-29(28)31(24)39-32)23-10-12-26(13-11-23)37-33(42)38-27-7-4-6-25(34)21-27/h2-4,6-13,21-22,30H,5,14-20H2,1H3,(H,35,36,39)(H2,37,38,42). The highest BCUT2D eigenvalue weighted by molar-refractivity contribution is 9.10. The van der Waals surface area contributed by atoms with Gasteiger partial charge in [0, 0.05) is 66.2 Å². The molecule has 1 fully saturated rings. The van der Waals surface area contributed by atoms with Gasteiger partial charge in [-0.3, -0.25) is 0 Å². The van der Waals surface area contributed by atoms with Crippen molar-refractivity contribution in [3.63, 3.8) is 0 Å². The van der Waals surface area contributed by atoms with E-state index in [-0.39, 0.29) is 11.9 Å². The average molecular weight is 627 g/mol. The van der Waals surface area contributed by atoms with Crippen LogP contribution in [0.2, 0.25) is 0 Å². The second kappa shape index (κ2) is 13.0. The Bertz CT molecular complexity index is 1540. The Balaban J connectivity index is 1.10. The maximum absolute atomic E-state index is 12.5. The van der Waals surface area contributed by atoms with Gasteiger partial charge >= 0.3 is 6.03 Å². The summed E-state index contributed by atoms with van der Waals surface area (Å²) in [7, 11) is 2.19. The van der Waals surface area contributed by atoms with Crippen LogP contribution in [0.3, 0.4) is 0 Å². The van der Waals surface area contributed by atoms with Crippen molar-refractivity contribution >= 4 is 39.3 Å². The minimum atomic E-state index is -0.279. The van der Waals surface area contributed by atoms with Crippen molar-refractivity contribution in [3.05, 3.63) is 100 Å². The molecule has 2 heterocycles. The molecule has 0 radical (unpaired) electrons. The van der Waals surface area contributed by atoms with Crippen molar-refractivity contribution in [1.82, 2.24) is 19.8 Å². The van der Waals surface area contributed by atoms with Gasteiger partial charge in [0.1, 0.15) is 0 Å². The highest BCUT2D eigenvalue weighted by Gasteiger charge is 2.27. The van der Waals surface area contributed by atoms with Crippen LogP contribution in [-0.4, -0.2) is 72.1 Å². The van der Waals surface area contributed by atoms with Gasteiger partial charge in [-0.15, -0.1) is 0 Å². The van der Waals surface area contributed by atoms with E-state index in [9.17, 15) is 4.79 Å². The van der Waals surface area contributed by atoms with Crippen molar-refractivity contribution < 1.29 is 4.79 Å². The molecule has 6 rings (SSSR count). The Hall–Kier alpha value is -3.79. The second-order valence-corrected chi connectivity index (χ2v) is 12.0. The van der Waals surface area contributed by atoms with Crippen LogP contribution in [0.15, 0.2) is 83.5 Å². The molecule has 3 N–H and O–H groups in total. The zero-order chi connectivity index (χ0) is 28.9. The van der Waals surface area contributed by atoms with Crippen molar-refractivity contribution in [3.8, 4) is 11.3 Å². The lowest BCUT2D eigenvalue weighted by Gasteiger charge is -2.32. The van der Waals surface area contributed by atoms with E-state index in [1.54, 1.807) is 0 Å². The summed E-state index contributed by atoms with van der Waals surface area (Å²) >= 11 is 3.43. The summed E-state index contributed by atoms with van der Waals surface area (Å²) < 4.78 is 0.911. The van der Waals surface area contributed by atoms with E-state index in [0.717, 1.165) is 84.8 Å². The third-order valence-corrected chi connectivity index (χ3v) is 8.56. The molecular formula is C33H36BrN7O. The zero-order valence-corrected chi connectivity index (χ0v) is 25.4. The number of fused-ring (bicyclic) bond motifs is 3. The van der Waals surface area contributed by atoms with Gasteiger partial charge < -0.3 is 25.8 Å². The number of hydrogen-bond acceptors (Lipinski definition) is 6. The fraction of sp³-hybridized carbons (Fsp3) is 0.303. The maximum Gasteiger partial charge on any atom is 0.323 e. The SMILES string of the molecule is CN1CCN(CCCNc2ncc3c(n2)-c2ccccc2C(c2ccc(NC(=O)Nc4cccc(Br)c4)cc2)C3)CC1. The number of nitrogens with zero attached hydrogens (tertiary/aromatic N) is 4. The van der Waals surface area contributed by atoms with Crippen LogP contribution in [0.25, 0.3) is 11.3 Å². The lowest BCUT2D eigenvalue weighted by atomic mass is 9.78. The molecule has 1 aliphatic carbocycles. The summed E-state index contributed by atoms with van der Waals surface area (Å²) in [6.45, 7) is 6.53. The predicted molar refractivity (Wildman–Crippen MR) is 173 cm³/mol. The van der Waals surface area contributed by atoms with Crippen LogP contribution in [0, 0.1) is 0 Å². The number of carbonyl (C=O) groups is 1. The van der Waals surface area contributed by atoms with Crippen molar-refractivity contribution in [1.29, 1.82) is 0 Å². The number of benzene rings is 3. The van der Waals surface area contributed by atoms with Gasteiger partial charge in [0.05, 0.1) is 5.69 Å². The van der Waals surface area contributed by atoms with Gasteiger partial charge in [-0.2, -0.15) is 0 Å². The zero-order valence-electron chi connectivity index (χ0n) is 23.8. The molecule has 1 aliphatic heterocycles. The van der Waals surface area contributed by atoms with E-state index >= 15 is 0 Å². The Labute approximate surface area is 255 Å². The first-order valence-electron chi connectivity index (χ1n) is 14.6. The minimum absolute atomic E-state index is 0.184. The lowest BCUT2D eigenvalue weighted by Crippen LogP contribution is -2.44. The molecule has 1 unspecified atom stereocenters. The van der Waals surface area contributed by atoms with Crippen molar-refractivity contribution in [2.24, 2.45) is 0 Å². The largest absolute Gasteiger partial charge is 0.354 e. The third kappa shape index (κ3) is 6.81. The number of rotatable bonds is 8. The van der Waals surface area contributed by atoms with Gasteiger partial charge in [-0.1, -0.05) is 58.4 Å². The smallest absolute Gasteiger partial charge is 0.323 e. The van der Waals surface area contributed by atoms with Crippen LogP contribution in [0.5, 0.6) is 0 Å². The molecule has 1 saturated heterocycles. The van der Waals surface area contributed by atoms with Crippen molar-refractivity contribution in [2.45, 2.75) is 18.8 Å². The summed E-state index contributed by atoms with van der Waals surface area (Å²) in [6.07, 6.45) is 3.88. The fourth-order valence-electron chi connectivity index (χ4n) is 5.75. The number of carbonyl (C=O) groups excluding carboxylic acids is 1. The third-order valence-electron chi connectivity index (χ3n) is 8.06. The number of nitrogens with one attached hydrogen (secondary N) is 3. The first-order valence-corrected chi connectivity index (χ1v) is 15.3. The monoisotopic (exact) mass is 625 g/mol. The van der Waals surface area contributed by atoms with Gasteiger partial charge in [0.2, 0.25) is 5.95 Å². The number of urea groups is 1. The lowest BCUT2D eigenvalue weighted by molar-refractivity contribution is 0.154. The number of likely N-dealkylation sites (N-methyl/N-ethyl adjacent to an activating group) is 1. The molecule has 8 nitrogen and oxygen atoms in total. The van der Waals surface area contributed by atoms with E-state index in [1.807, 2.05) is 42.6 Å². The van der Waals surface area contributed by atoms with E-state index < -0.39 is 0 Å². The Morgan fingerprint density at radius 3 is 2.55 bits per heavy atom. The normalized spacial score (nSPS) is 16.8. The minimum Gasteiger partial charge on any atom is -0.354 e. The number of piperazine rings is 1. The van der Waals surface area contributed by atoms with Crippen LogP contribution < -0.4 is 16.0 Å². The van der Waals surface area contributed by atoms with Crippen molar-refractivity contribution in [2.75, 3.05) is 62.3 Å². The molecule has 9 heteroatoms. The molecule has 0 saturated carbocycles. The molecule has 3 aromatic carbocycles. The first-order chi connectivity index (χ1) is 20.5. The average Bonchev–Trinajstić information content (AvgIpc) is 3.00. The van der Waals surface area contributed by atoms with E-state index in [1.165, 1.54) is 11.1 Å². The van der Waals surface area contributed by atoms with Crippen LogP contribution in [0.4, 0.5) is 22.1 Å². The van der Waals surface area contributed by atoms with E-state index in [2.05, 4.69) is 90.1 Å². The molecule has 42 heavy (non-hydrogen) atoms. The molecule has 1 aromatic heterocycles. The summed E-state index contributed by atoms with van der Waals surface area (Å²) in [5.74, 6) is 0.876. The highest BCUT2D eigenvalue weighted by atomic mass is 79.9. The summed E-state index contributed by atoms with van der Waals surface area (Å²) in [6, 6.07) is 23.9. The van der Waals surface area contributed by atoms with Crippen LogP contribution >= 0.6 is 15.9 Å². The van der Waals surface area contributed by atoms with Gasteiger partial charge in [0.25, 0.3) is 0 Å². The number of hydrogen-bond donors (Lipinski definition) is 3. The predicted octanol–water partition coefficient (Wildman–Crippen LogP) is 6.29. The molecule has 2 aliphatic rings. The van der Waals surface area contributed by atoms with Crippen LogP contribution in [0.1, 0.15) is 29.0 Å². The quantitative estimate of drug-likeness (QED) is 0.200. The Morgan fingerprint density at radius 2 is 1.74 bits per heavy atom. The first kappa shape index (κ1) is 28.3. The topological polar surface area (TPSA) is 85.4 Å². The highest BCUT2D eigenvalue weighted by Crippen LogP contribution is 2.42. The molecule has 0 bridgehead atoms. The molecule has 1 atom stereocenters. The molecule has 0 spiro atoms. The second-order valence-electron chi connectivity index (χ2n) is 11.0. The summed E-state index contributed by atoms with van der Waals surface area (Å²) in [5.41, 5.74) is 7.24. The Kier molecular flexibility index (Phi) is 8.79. The van der Waals surface area contributed by atoms with E-state index in [0.29, 0.717) is 5.95 Å². The fourth-order valence-corrected chi connectivity index (χ4v) is 6.15. The molecule has 2 amide bonds. The van der Waals surface area contributed by atoms with Gasteiger partial charge in [0.15, 0.2) is 0 Å². The van der Waals surface area contributed by atoms with Gasteiger partial charge in [-0.05, 0) is 73.5 Å². The molecule has 4 aromatic rings. The molecule has 216 valence electrons. The number of halogens is 1. The number of aromatic nitrogens is 2. The van der Waals surface area contributed by atoms with E-state index in [4.69, 9.17) is 4.98 Å². The van der Waals surface area contributed by atoms with Crippen LogP contribution in [-0.2, 0) is 6.42 Å². The number of amides is 2. The molecular weight excluding hydrogens is 590 g/mol.